The highest BCUT2D eigenvalue weighted by Crippen LogP contribution is 2.56. The second kappa shape index (κ2) is 10.3. The van der Waals surface area contributed by atoms with E-state index in [1.54, 1.807) is 0 Å². The van der Waals surface area contributed by atoms with Gasteiger partial charge in [0.05, 0.1) is 39.9 Å². The third-order valence-electron chi connectivity index (χ3n) is 12.0. The summed E-state index contributed by atoms with van der Waals surface area (Å²) in [5.74, 6) is 3.38. The zero-order valence-electron chi connectivity index (χ0n) is 30.5. The molecule has 8 aromatic heterocycles. The molecule has 12 nitrogen and oxygen atoms in total. The lowest BCUT2D eigenvalue weighted by Crippen LogP contribution is -2.05. The van der Waals surface area contributed by atoms with Crippen molar-refractivity contribution in [3.8, 4) is 11.3 Å². The molecule has 8 heterocycles. The molecule has 12 heteroatoms. The van der Waals surface area contributed by atoms with Crippen molar-refractivity contribution in [2.75, 3.05) is 0 Å². The molecule has 0 amide bonds. The van der Waals surface area contributed by atoms with Crippen molar-refractivity contribution in [3.05, 3.63) is 105 Å². The number of pyridine rings is 2. The number of fused-ring (bicyclic) bond motifs is 4. The predicted octanol–water partition coefficient (Wildman–Crippen LogP) is 7.10. The standard InChI is InChI=1S/C40H40N12/c1-18-10-12-49-22(5)33(43-31(49)14-18)27-15-29(27)37-46-39-21(4)42-35(24(7)52(39)48-37)26-11-13-50-23(6)34(44-40(50)32(26)25-8-9-25)28-16-30(28)36-45-38-20(3)41-17-19(2)51(38)47-36/h10-14,17,25,27-30H,8-9,15-16H2,1-7H3. The third kappa shape index (κ3) is 4.26. The highest BCUT2D eigenvalue weighted by Gasteiger charge is 2.47. The van der Waals surface area contributed by atoms with E-state index >= 15 is 0 Å². The van der Waals surface area contributed by atoms with Crippen molar-refractivity contribution < 1.29 is 0 Å². The van der Waals surface area contributed by atoms with E-state index in [1.165, 1.54) is 22.5 Å². The first-order valence-corrected chi connectivity index (χ1v) is 18.5. The van der Waals surface area contributed by atoms with Crippen LogP contribution in [0, 0.1) is 48.5 Å². The SMILES string of the molecule is Cc1ccn2c(C)c(C3CC3c3nc4c(C)nc(-c5ccn6c(C)c(C7CC7c7nc8c(C)ncc(C)n8n7)nc6c5C5CC5)c(C)n4n3)nc2c1. The minimum atomic E-state index is 0.253. The Labute approximate surface area is 300 Å². The molecule has 0 spiro atoms. The number of hydrogen-bond donors (Lipinski definition) is 0. The van der Waals surface area contributed by atoms with Crippen LogP contribution in [-0.4, -0.2) is 57.9 Å². The van der Waals surface area contributed by atoms with Crippen LogP contribution in [-0.2, 0) is 0 Å². The van der Waals surface area contributed by atoms with Gasteiger partial charge in [0.25, 0.3) is 0 Å². The predicted molar refractivity (Wildman–Crippen MR) is 196 cm³/mol. The van der Waals surface area contributed by atoms with Gasteiger partial charge < -0.3 is 8.80 Å². The van der Waals surface area contributed by atoms with Crippen molar-refractivity contribution >= 4 is 22.6 Å². The molecular weight excluding hydrogens is 649 g/mol. The van der Waals surface area contributed by atoms with Gasteiger partial charge in [-0.15, -0.1) is 0 Å². The van der Waals surface area contributed by atoms with Crippen molar-refractivity contribution in [2.24, 2.45) is 0 Å². The molecule has 8 aromatic rings. The maximum absolute atomic E-state index is 5.42. The van der Waals surface area contributed by atoms with Gasteiger partial charge >= 0.3 is 0 Å². The molecule has 260 valence electrons. The average Bonchev–Trinajstić information content (AvgIpc) is 4.10. The van der Waals surface area contributed by atoms with E-state index in [-0.39, 0.29) is 11.8 Å². The summed E-state index contributed by atoms with van der Waals surface area (Å²) in [5.41, 5.74) is 16.9. The monoisotopic (exact) mass is 688 g/mol. The minimum Gasteiger partial charge on any atom is -0.304 e. The first-order valence-electron chi connectivity index (χ1n) is 18.5. The molecule has 4 atom stereocenters. The molecule has 4 unspecified atom stereocenters. The fraction of sp³-hybridized carbons (Fsp3) is 0.400. The fourth-order valence-corrected chi connectivity index (χ4v) is 8.67. The van der Waals surface area contributed by atoms with Crippen LogP contribution in [0.1, 0.15) is 124 Å². The van der Waals surface area contributed by atoms with Crippen LogP contribution in [0.25, 0.3) is 33.8 Å². The van der Waals surface area contributed by atoms with Gasteiger partial charge in [-0.1, -0.05) is 0 Å². The van der Waals surface area contributed by atoms with Gasteiger partial charge in [0.15, 0.2) is 22.9 Å². The maximum Gasteiger partial charge on any atom is 0.177 e. The Hall–Kier alpha value is -5.52. The van der Waals surface area contributed by atoms with Crippen LogP contribution in [0.5, 0.6) is 0 Å². The van der Waals surface area contributed by atoms with Gasteiger partial charge in [-0.3, -0.25) is 4.98 Å². The van der Waals surface area contributed by atoms with E-state index in [0.717, 1.165) is 105 Å². The number of aromatic nitrogens is 12. The van der Waals surface area contributed by atoms with Gasteiger partial charge in [-0.25, -0.2) is 34.0 Å². The van der Waals surface area contributed by atoms with Crippen LogP contribution >= 0.6 is 0 Å². The zero-order chi connectivity index (χ0) is 35.3. The topological polar surface area (TPSA) is 121 Å². The largest absolute Gasteiger partial charge is 0.304 e. The second-order valence-corrected chi connectivity index (χ2v) is 15.6. The molecule has 0 saturated heterocycles. The molecule has 0 radical (unpaired) electrons. The lowest BCUT2D eigenvalue weighted by atomic mass is 10.0. The molecule has 3 fully saturated rings. The lowest BCUT2D eigenvalue weighted by molar-refractivity contribution is 0.827. The van der Waals surface area contributed by atoms with Gasteiger partial charge in [0, 0.05) is 64.8 Å². The second-order valence-electron chi connectivity index (χ2n) is 15.6. The molecule has 0 aliphatic heterocycles. The fourth-order valence-electron chi connectivity index (χ4n) is 8.67. The van der Waals surface area contributed by atoms with E-state index in [9.17, 15) is 0 Å². The molecule has 0 aromatic carbocycles. The van der Waals surface area contributed by atoms with E-state index in [0.29, 0.717) is 17.8 Å². The van der Waals surface area contributed by atoms with E-state index in [1.807, 2.05) is 29.1 Å². The zero-order valence-corrected chi connectivity index (χ0v) is 30.5. The van der Waals surface area contributed by atoms with Gasteiger partial charge in [-0.2, -0.15) is 10.2 Å². The van der Waals surface area contributed by atoms with Gasteiger partial charge in [-0.05, 0) is 104 Å². The van der Waals surface area contributed by atoms with Crippen LogP contribution in [0.3, 0.4) is 0 Å². The summed E-state index contributed by atoms with van der Waals surface area (Å²) in [6, 6.07) is 6.53. The van der Waals surface area contributed by atoms with E-state index in [2.05, 4.69) is 79.0 Å². The molecule has 3 aliphatic rings. The molecule has 11 rings (SSSR count). The summed E-state index contributed by atoms with van der Waals surface area (Å²) in [5, 5.41) is 10.1. The van der Waals surface area contributed by atoms with Crippen molar-refractivity contribution in [2.45, 2.75) is 104 Å². The Kier molecular flexibility index (Phi) is 5.97. The number of rotatable bonds is 6. The summed E-state index contributed by atoms with van der Waals surface area (Å²) < 4.78 is 8.44. The summed E-state index contributed by atoms with van der Waals surface area (Å²) in [6.07, 6.45) is 10.5. The highest BCUT2D eigenvalue weighted by atomic mass is 15.3. The molecule has 52 heavy (non-hydrogen) atoms. The smallest absolute Gasteiger partial charge is 0.177 e. The molecule has 3 saturated carbocycles. The molecular formula is C40H40N12. The molecule has 0 N–H and O–H groups in total. The van der Waals surface area contributed by atoms with E-state index in [4.69, 9.17) is 35.1 Å². The Morgan fingerprint density at radius 3 is 1.98 bits per heavy atom. The summed E-state index contributed by atoms with van der Waals surface area (Å²) >= 11 is 0. The van der Waals surface area contributed by atoms with Crippen molar-refractivity contribution in [1.82, 2.24) is 57.9 Å². The first-order chi connectivity index (χ1) is 25.1. The first kappa shape index (κ1) is 30.1. The van der Waals surface area contributed by atoms with Crippen LogP contribution in [0.15, 0.2) is 36.8 Å². The van der Waals surface area contributed by atoms with Crippen molar-refractivity contribution in [1.29, 1.82) is 0 Å². The number of nitrogens with zero attached hydrogens (tertiary/aromatic N) is 12. The normalized spacial score (nSPS) is 21.4. The quantitative estimate of drug-likeness (QED) is 0.181. The maximum atomic E-state index is 5.42. The summed E-state index contributed by atoms with van der Waals surface area (Å²) in [4.78, 5) is 30.2. The number of hydrogen-bond acceptors (Lipinski definition) is 8. The third-order valence-corrected chi connectivity index (χ3v) is 12.0. The Morgan fingerprint density at radius 2 is 1.27 bits per heavy atom. The average molecular weight is 689 g/mol. The van der Waals surface area contributed by atoms with Crippen LogP contribution in [0.4, 0.5) is 0 Å². The molecule has 3 aliphatic carbocycles. The van der Waals surface area contributed by atoms with Crippen LogP contribution < -0.4 is 0 Å². The Balaban J connectivity index is 0.953. The summed E-state index contributed by atoms with van der Waals surface area (Å²) in [6.45, 7) is 14.7. The van der Waals surface area contributed by atoms with Crippen LogP contribution in [0.2, 0.25) is 0 Å². The van der Waals surface area contributed by atoms with E-state index < -0.39 is 0 Å². The number of aryl methyl sites for hydroxylation is 7. The molecule has 0 bridgehead atoms. The number of imidazole rings is 2. The highest BCUT2D eigenvalue weighted by molar-refractivity contribution is 5.76. The Morgan fingerprint density at radius 1 is 0.615 bits per heavy atom. The van der Waals surface area contributed by atoms with Gasteiger partial charge in [0.1, 0.15) is 11.3 Å². The lowest BCUT2D eigenvalue weighted by Gasteiger charge is -2.14. The van der Waals surface area contributed by atoms with Crippen molar-refractivity contribution in [3.63, 3.8) is 0 Å². The summed E-state index contributed by atoms with van der Waals surface area (Å²) in [7, 11) is 0. The Bertz CT molecular complexity index is 2790. The minimum absolute atomic E-state index is 0.253. The van der Waals surface area contributed by atoms with Gasteiger partial charge in [0.2, 0.25) is 0 Å².